The molecule has 3 nitrogen and oxygen atoms in total. The van der Waals surface area contributed by atoms with Gasteiger partial charge in [0.05, 0.1) is 12.8 Å². The van der Waals surface area contributed by atoms with E-state index in [-0.39, 0.29) is 7.43 Å². The molecule has 3 heteroatoms. The number of hydrogen-bond donors (Lipinski definition) is 1. The van der Waals surface area contributed by atoms with Crippen molar-refractivity contribution in [3.05, 3.63) is 24.3 Å². The highest BCUT2D eigenvalue weighted by Gasteiger charge is 2.30. The second-order valence-corrected chi connectivity index (χ2v) is 13.6. The number of aliphatic hydroxyl groups is 1. The van der Waals surface area contributed by atoms with Gasteiger partial charge >= 0.3 is 0 Å². The van der Waals surface area contributed by atoms with Gasteiger partial charge in [0.2, 0.25) is 0 Å². The Bertz CT molecular complexity index is 603. The average Bonchev–Trinajstić information content (AvgIpc) is 3.39. The monoisotopic (exact) mass is 619 g/mol. The number of hydrogen-bond acceptors (Lipinski definition) is 3. The van der Waals surface area contributed by atoms with Crippen LogP contribution in [0.5, 0.6) is 0 Å². The Morgan fingerprint density at radius 3 is 1.20 bits per heavy atom. The predicted octanol–water partition coefficient (Wildman–Crippen LogP) is 12.6. The fraction of sp³-hybridized carbons (Fsp3) is 0.902. The molecule has 1 unspecified atom stereocenters. The molecule has 0 aromatic carbocycles. The third-order valence-corrected chi connectivity index (χ3v) is 9.59. The first-order chi connectivity index (χ1) is 21.3. The second kappa shape index (κ2) is 35.2. The fourth-order valence-electron chi connectivity index (χ4n) is 6.76. The zero-order valence-corrected chi connectivity index (χ0v) is 29.6. The molecule has 1 rings (SSSR count). The summed E-state index contributed by atoms with van der Waals surface area (Å²) >= 11 is 0. The van der Waals surface area contributed by atoms with E-state index in [4.69, 9.17) is 0 Å². The molecular weight excluding hydrogens is 536 g/mol. The van der Waals surface area contributed by atoms with E-state index in [1.54, 1.807) is 0 Å². The van der Waals surface area contributed by atoms with Crippen LogP contribution in [0, 0.1) is 0 Å². The maximum absolute atomic E-state index is 9.59. The van der Waals surface area contributed by atoms with E-state index in [1.165, 1.54) is 193 Å². The summed E-state index contributed by atoms with van der Waals surface area (Å²) < 4.78 is 0. The van der Waals surface area contributed by atoms with Gasteiger partial charge in [-0.25, -0.2) is 0 Å². The minimum atomic E-state index is 0. The lowest BCUT2D eigenvalue weighted by atomic mass is 10.1. The van der Waals surface area contributed by atoms with Gasteiger partial charge in [0.25, 0.3) is 0 Å². The zero-order chi connectivity index (χ0) is 30.9. The van der Waals surface area contributed by atoms with E-state index < -0.39 is 0 Å². The Hall–Kier alpha value is -0.640. The third-order valence-electron chi connectivity index (χ3n) is 9.59. The minimum absolute atomic E-state index is 0. The molecule has 262 valence electrons. The van der Waals surface area contributed by atoms with Gasteiger partial charge in [-0.2, -0.15) is 0 Å². The molecule has 1 N–H and O–H groups in total. The van der Waals surface area contributed by atoms with Crippen molar-refractivity contribution in [3.63, 3.8) is 0 Å². The molecule has 1 heterocycles. The van der Waals surface area contributed by atoms with Gasteiger partial charge in [0.15, 0.2) is 0 Å². The van der Waals surface area contributed by atoms with Crippen LogP contribution in [0.3, 0.4) is 0 Å². The number of rotatable bonds is 33. The number of aliphatic hydroxyl groups excluding tert-OH is 1. The fourth-order valence-corrected chi connectivity index (χ4v) is 6.76. The molecule has 44 heavy (non-hydrogen) atoms. The third kappa shape index (κ3) is 26.6. The van der Waals surface area contributed by atoms with Gasteiger partial charge in [0, 0.05) is 19.6 Å². The maximum atomic E-state index is 9.59. The Labute approximate surface area is 278 Å². The van der Waals surface area contributed by atoms with Gasteiger partial charge in [0.1, 0.15) is 0 Å². The quantitative estimate of drug-likeness (QED) is 0.0585. The van der Waals surface area contributed by atoms with E-state index in [2.05, 4.69) is 48.0 Å². The summed E-state index contributed by atoms with van der Waals surface area (Å²) in [7, 11) is 0. The summed E-state index contributed by atoms with van der Waals surface area (Å²) in [6, 6.07) is 0. The van der Waals surface area contributed by atoms with Crippen LogP contribution >= 0.6 is 0 Å². The maximum Gasteiger partial charge on any atom is 0.0624 e. The van der Waals surface area contributed by atoms with E-state index in [0.29, 0.717) is 12.8 Å². The Kier molecular flexibility index (Phi) is 34.7. The molecule has 1 atom stereocenters. The first-order valence-corrected chi connectivity index (χ1v) is 19.7. The van der Waals surface area contributed by atoms with Crippen molar-refractivity contribution in [1.29, 1.82) is 0 Å². The lowest BCUT2D eigenvalue weighted by Crippen LogP contribution is -2.40. The lowest BCUT2D eigenvalue weighted by Gasteiger charge is -2.30. The topological polar surface area (TPSA) is 26.7 Å². The molecule has 1 fully saturated rings. The predicted molar refractivity (Wildman–Crippen MR) is 200 cm³/mol. The molecule has 0 aromatic rings. The summed E-state index contributed by atoms with van der Waals surface area (Å²) in [5, 5.41) is 9.59. The lowest BCUT2D eigenvalue weighted by molar-refractivity contribution is 0.103. The molecule has 0 bridgehead atoms. The van der Waals surface area contributed by atoms with Crippen LogP contribution in [0.4, 0.5) is 0 Å². The largest absolute Gasteiger partial charge is 0.395 e. The SMILES string of the molecule is C.CCCCCCCC/C=C\CCCCCCCCN1CCN(CCO)C1CCCCCCC/C=C\CCCCCCCC. The van der Waals surface area contributed by atoms with Crippen molar-refractivity contribution < 1.29 is 5.11 Å². The number of unbranched alkanes of at least 4 members (excludes halogenated alkanes) is 23. The molecule has 0 radical (unpaired) electrons. The normalized spacial score (nSPS) is 16.1. The number of nitrogens with zero attached hydrogens (tertiary/aromatic N) is 2. The van der Waals surface area contributed by atoms with Crippen molar-refractivity contribution >= 4 is 0 Å². The van der Waals surface area contributed by atoms with Crippen molar-refractivity contribution in [3.8, 4) is 0 Å². The summed E-state index contributed by atoms with van der Waals surface area (Å²) in [4.78, 5) is 5.29. The van der Waals surface area contributed by atoms with Crippen LogP contribution in [0.25, 0.3) is 0 Å². The first-order valence-electron chi connectivity index (χ1n) is 19.7. The molecule has 1 saturated heterocycles. The smallest absolute Gasteiger partial charge is 0.0624 e. The summed E-state index contributed by atoms with van der Waals surface area (Å²) in [6.07, 6.45) is 48.6. The van der Waals surface area contributed by atoms with Gasteiger partial charge in [-0.15, -0.1) is 0 Å². The Balaban J connectivity index is 0.0000185. The molecule has 1 aliphatic heterocycles. The van der Waals surface area contributed by atoms with Crippen molar-refractivity contribution in [2.75, 3.05) is 32.8 Å². The molecular formula is C41H82N2O. The molecule has 0 aromatic heterocycles. The molecule has 0 saturated carbocycles. The van der Waals surface area contributed by atoms with E-state index in [0.717, 1.165) is 13.1 Å². The average molecular weight is 619 g/mol. The van der Waals surface area contributed by atoms with E-state index in [1.807, 2.05) is 0 Å². The Morgan fingerprint density at radius 2 is 0.795 bits per heavy atom. The highest BCUT2D eigenvalue weighted by molar-refractivity contribution is 4.83. The van der Waals surface area contributed by atoms with Crippen LogP contribution in [0.1, 0.15) is 201 Å². The molecule has 0 amide bonds. The van der Waals surface area contributed by atoms with Crippen LogP contribution in [-0.4, -0.2) is 53.9 Å². The van der Waals surface area contributed by atoms with Gasteiger partial charge < -0.3 is 5.11 Å². The van der Waals surface area contributed by atoms with Crippen LogP contribution in [0.2, 0.25) is 0 Å². The Morgan fingerprint density at radius 1 is 0.455 bits per heavy atom. The summed E-state index contributed by atoms with van der Waals surface area (Å²) in [5.74, 6) is 0. The summed E-state index contributed by atoms with van der Waals surface area (Å²) in [5.41, 5.74) is 0. The number of allylic oxidation sites excluding steroid dienone is 4. The minimum Gasteiger partial charge on any atom is -0.395 e. The van der Waals surface area contributed by atoms with Crippen LogP contribution in [0.15, 0.2) is 24.3 Å². The number of β-amino-alcohol motifs (C(OH)–C–C–N with tert-alkyl or cyclic N) is 1. The highest BCUT2D eigenvalue weighted by Crippen LogP contribution is 2.22. The van der Waals surface area contributed by atoms with Crippen LogP contribution < -0.4 is 0 Å². The molecule has 1 aliphatic rings. The standard InChI is InChI=1S/C40H78N2O.CH4/c1-3-5-7-9-11-13-15-17-19-21-23-25-27-29-31-33-35-41-36-37-42(38-39-43)40(41)34-32-30-28-26-24-22-20-18-16-14-12-10-8-6-4-2;/h17-20,40,43H,3-16,21-39H2,1-2H3;1H4/b19-17-,20-18-;. The van der Waals surface area contributed by atoms with Crippen molar-refractivity contribution in [2.24, 2.45) is 0 Å². The van der Waals surface area contributed by atoms with Crippen LogP contribution in [-0.2, 0) is 0 Å². The molecule has 0 aliphatic carbocycles. The summed E-state index contributed by atoms with van der Waals surface area (Å²) in [6.45, 7) is 9.31. The zero-order valence-electron chi connectivity index (χ0n) is 29.6. The first kappa shape index (κ1) is 43.4. The van der Waals surface area contributed by atoms with Crippen molar-refractivity contribution in [1.82, 2.24) is 9.80 Å². The van der Waals surface area contributed by atoms with E-state index in [9.17, 15) is 5.11 Å². The molecule has 0 spiro atoms. The second-order valence-electron chi connectivity index (χ2n) is 13.6. The van der Waals surface area contributed by atoms with E-state index >= 15 is 0 Å². The van der Waals surface area contributed by atoms with Gasteiger partial charge in [-0.1, -0.05) is 161 Å². The van der Waals surface area contributed by atoms with Gasteiger partial charge in [-0.3, -0.25) is 9.80 Å². The van der Waals surface area contributed by atoms with Crippen molar-refractivity contribution in [2.45, 2.75) is 207 Å². The van der Waals surface area contributed by atoms with Gasteiger partial charge in [-0.05, 0) is 70.8 Å². The highest BCUT2D eigenvalue weighted by atomic mass is 16.3.